The maximum absolute atomic E-state index is 14.3. The number of benzene rings is 1. The number of thiol groups is 1. The molecular formula is C65H100N20O24S. The zero-order valence-electron chi connectivity index (χ0n) is 61.1. The monoisotopic (exact) mass is 1580 g/mol. The average Bonchev–Trinajstić information content (AvgIpc) is 1.58. The molecule has 30 N–H and O–H groups in total. The number of para-hydroxylation sites is 1. The van der Waals surface area contributed by atoms with Gasteiger partial charge in [-0.2, -0.15) is 12.6 Å². The number of nitrogens with one attached hydrogen (secondary N) is 14. The number of carbonyl (C=O) groups excluding carboxylic acids is 17. The molecule has 0 spiro atoms. The molecule has 44 nitrogen and oxygen atoms in total. The molecule has 610 valence electrons. The third-order valence-electron chi connectivity index (χ3n) is 16.2. The summed E-state index contributed by atoms with van der Waals surface area (Å²) in [5, 5.41) is 69.4. The van der Waals surface area contributed by atoms with E-state index in [1.54, 1.807) is 38.1 Å². The first-order chi connectivity index (χ1) is 51.4. The molecule has 0 radical (unpaired) electrons. The second-order valence-corrected chi connectivity index (χ2v) is 26.5. The third kappa shape index (κ3) is 33.7. The van der Waals surface area contributed by atoms with E-state index in [-0.39, 0.29) is 31.1 Å². The topological polar surface area (TPSA) is 751 Å². The van der Waals surface area contributed by atoms with Crippen LogP contribution in [-0.4, -0.2) is 247 Å². The predicted molar refractivity (Wildman–Crippen MR) is 387 cm³/mol. The van der Waals surface area contributed by atoms with E-state index in [9.17, 15) is 116 Å². The van der Waals surface area contributed by atoms with E-state index < -0.39 is 267 Å². The molecule has 1 aromatic carbocycles. The van der Waals surface area contributed by atoms with E-state index in [4.69, 9.17) is 34.4 Å². The zero-order chi connectivity index (χ0) is 83.6. The number of aliphatic carboxylic acids is 3. The van der Waals surface area contributed by atoms with Gasteiger partial charge >= 0.3 is 17.9 Å². The number of aromatic nitrogens is 1. The van der Waals surface area contributed by atoms with Gasteiger partial charge in [-0.1, -0.05) is 32.0 Å². The van der Waals surface area contributed by atoms with Crippen molar-refractivity contribution in [3.8, 4) is 0 Å². The van der Waals surface area contributed by atoms with E-state index in [1.165, 1.54) is 13.1 Å². The molecule has 0 fully saturated rings. The fourth-order valence-electron chi connectivity index (χ4n) is 10.3. The van der Waals surface area contributed by atoms with Crippen molar-refractivity contribution in [1.29, 1.82) is 0 Å². The van der Waals surface area contributed by atoms with Crippen molar-refractivity contribution in [2.45, 2.75) is 216 Å². The van der Waals surface area contributed by atoms with Gasteiger partial charge in [-0.25, -0.2) is 0 Å². The van der Waals surface area contributed by atoms with E-state index in [1.807, 2.05) is 5.32 Å². The van der Waals surface area contributed by atoms with Crippen molar-refractivity contribution in [3.63, 3.8) is 0 Å². The van der Waals surface area contributed by atoms with Crippen LogP contribution >= 0.6 is 12.6 Å². The van der Waals surface area contributed by atoms with E-state index in [2.05, 4.69) is 81.4 Å². The highest BCUT2D eigenvalue weighted by Gasteiger charge is 2.39. The van der Waals surface area contributed by atoms with Crippen molar-refractivity contribution >= 4 is 142 Å². The van der Waals surface area contributed by atoms with Gasteiger partial charge in [-0.3, -0.25) is 95.9 Å². The number of carbonyl (C=O) groups is 20. The molecular weight excluding hydrogens is 1480 g/mol. The molecule has 2 rings (SSSR count). The third-order valence-corrected chi connectivity index (χ3v) is 16.6. The Balaban J connectivity index is 2.45. The summed E-state index contributed by atoms with van der Waals surface area (Å²) in [6.45, 7) is 7.97. The molecule has 1 heterocycles. The maximum Gasteiger partial charge on any atom is 0.305 e. The lowest BCUT2D eigenvalue weighted by molar-refractivity contribution is -0.142. The zero-order valence-corrected chi connectivity index (χ0v) is 62.0. The highest BCUT2D eigenvalue weighted by atomic mass is 32.1. The Morgan fingerprint density at radius 1 is 0.418 bits per heavy atom. The number of aromatic amines is 1. The number of fused-ring (bicyclic) bond motifs is 1. The minimum absolute atomic E-state index is 0.0516. The quantitative estimate of drug-likeness (QED) is 0.0216. The Bertz CT molecular complexity index is 3690. The SMILES string of the molecule is CC(C)C[C@H](NC(=O)[C@H](C)NC(=O)[C@H](CCCCN)NC(=O)[C@@H](N)CS)C(=O)N[C@H](C(=O)N[C@@H](CC(N)=O)C(=O)N[C@@H](CCC(=O)O)C(=O)N[C@@H](C)C(=O)N[C@@H](CCC(=O)O)C(=O)N[C@@H](CC(N)=O)C(=O)N[C@@H](Cc1c[nH]c2ccccc12)C(=O)N[C@@H](C)C(=O)N[C@@H](CC(=O)O)C(=O)N[C@@H](CC(N)=O)C(N)=O)[C@@H](C)O. The van der Waals surface area contributed by atoms with Crippen LogP contribution in [0.15, 0.2) is 30.5 Å². The summed E-state index contributed by atoms with van der Waals surface area (Å²) in [5.74, 6) is -25.3. The summed E-state index contributed by atoms with van der Waals surface area (Å²) >= 11 is 4.00. The van der Waals surface area contributed by atoms with Crippen LogP contribution in [0, 0.1) is 5.92 Å². The number of amides is 17. The van der Waals surface area contributed by atoms with Crippen molar-refractivity contribution < 1.29 is 116 Å². The second kappa shape index (κ2) is 46.6. The number of nitrogens with two attached hydrogens (primary N) is 6. The van der Waals surface area contributed by atoms with Gasteiger partial charge in [0.1, 0.15) is 78.5 Å². The van der Waals surface area contributed by atoms with Gasteiger partial charge in [-0.15, -0.1) is 0 Å². The van der Waals surface area contributed by atoms with E-state index >= 15 is 0 Å². The Morgan fingerprint density at radius 2 is 0.782 bits per heavy atom. The van der Waals surface area contributed by atoms with Crippen LogP contribution < -0.4 is 104 Å². The predicted octanol–water partition coefficient (Wildman–Crippen LogP) is -9.80. The number of H-pyrrole nitrogens is 1. The Morgan fingerprint density at radius 3 is 1.22 bits per heavy atom. The van der Waals surface area contributed by atoms with E-state index in [0.29, 0.717) is 29.3 Å². The van der Waals surface area contributed by atoms with E-state index in [0.717, 1.165) is 20.8 Å². The Kier molecular flexibility index (Phi) is 40.0. The summed E-state index contributed by atoms with van der Waals surface area (Å²) in [7, 11) is 0. The van der Waals surface area contributed by atoms with Crippen LogP contribution in [0.3, 0.4) is 0 Å². The van der Waals surface area contributed by atoms with Crippen LogP contribution in [0.5, 0.6) is 0 Å². The molecule has 0 saturated carbocycles. The fraction of sp³-hybridized carbons (Fsp3) is 0.569. The van der Waals surface area contributed by atoms with Crippen LogP contribution in [0.2, 0.25) is 0 Å². The molecule has 1 aromatic heterocycles. The first-order valence-electron chi connectivity index (χ1n) is 34.4. The molecule has 0 unspecified atom stereocenters. The number of rotatable bonds is 51. The van der Waals surface area contributed by atoms with Crippen molar-refractivity contribution in [3.05, 3.63) is 36.0 Å². The summed E-state index contributed by atoms with van der Waals surface area (Å²) in [5.41, 5.74) is 33.5. The number of hydrogen-bond donors (Lipinski definition) is 25. The van der Waals surface area contributed by atoms with Gasteiger partial charge in [0.05, 0.1) is 37.8 Å². The van der Waals surface area contributed by atoms with Crippen LogP contribution in [0.4, 0.5) is 0 Å². The standard InChI is InChI=1S/C65H100N20O24S/c1-27(2)19-40(80-54(98)29(4)73-57(101)36(13-9-10-18-66)77-56(100)34(67)26-110)64(108)85-51(31(6)86)65(109)84-43(23-47(70)89)61(105)78-37(14-16-48(90)91)58(102)74-28(3)53(97)76-38(15-17-49(92)93)59(103)83-42(22-46(69)88)62(106)82-41(20-32-25-72-35-12-8-7-11-33(32)35)60(104)75-30(5)55(99)81-44(24-50(94)95)63(107)79-39(52(71)96)21-45(68)87/h7-8,11-12,25,27-31,34,36-44,51,72,86,110H,9-10,13-24,26,66-67H2,1-6H3,(H2,68,87)(H2,69,88)(H2,70,89)(H2,71,96)(H,73,101)(H,74,102)(H,75,104)(H,76,97)(H,77,100)(H,78,105)(H,79,107)(H,80,98)(H,81,99)(H,82,106)(H,83,103)(H,84,109)(H,85,108)(H,90,91)(H,92,93)(H,94,95)/t28-,29-,30-,31+,34-,36-,37-,38-,39-,40-,41-,42-,43-,44-,51-/m0/s1. The molecule has 0 aliphatic carbocycles. The minimum atomic E-state index is -2.08. The van der Waals surface area contributed by atoms with Crippen LogP contribution in [0.1, 0.15) is 124 Å². The molecule has 45 heteroatoms. The number of unbranched alkanes of at least 4 members (excludes halogenated alkanes) is 1. The number of hydrogen-bond acceptors (Lipinski definition) is 24. The molecule has 110 heavy (non-hydrogen) atoms. The molecule has 15 atom stereocenters. The Hall–Kier alpha value is -11.6. The van der Waals surface area contributed by atoms with Crippen molar-refractivity contribution in [2.24, 2.45) is 40.3 Å². The summed E-state index contributed by atoms with van der Waals surface area (Å²) in [4.78, 5) is 266. The smallest absolute Gasteiger partial charge is 0.305 e. The number of primary amides is 4. The lowest BCUT2D eigenvalue weighted by Crippen LogP contribution is -2.62. The van der Waals surface area contributed by atoms with Crippen LogP contribution in [-0.2, 0) is 102 Å². The number of carboxylic acids is 3. The lowest BCUT2D eigenvalue weighted by Gasteiger charge is -2.28. The summed E-state index contributed by atoms with van der Waals surface area (Å²) in [6, 6.07) is -17.6. The average molecular weight is 1580 g/mol. The van der Waals surface area contributed by atoms with Gasteiger partial charge in [0.15, 0.2) is 0 Å². The van der Waals surface area contributed by atoms with Gasteiger partial charge in [0, 0.05) is 42.1 Å². The Labute approximate surface area is 634 Å². The first kappa shape index (κ1) is 94.5. The fourth-order valence-corrected chi connectivity index (χ4v) is 10.5. The lowest BCUT2D eigenvalue weighted by atomic mass is 10.0. The molecule has 17 amide bonds. The largest absolute Gasteiger partial charge is 0.481 e. The highest BCUT2D eigenvalue weighted by molar-refractivity contribution is 7.80. The summed E-state index contributed by atoms with van der Waals surface area (Å²) in [6.07, 6.45) is -7.29. The van der Waals surface area contributed by atoms with Gasteiger partial charge < -0.3 is 129 Å². The molecule has 0 saturated heterocycles. The van der Waals surface area contributed by atoms with Crippen molar-refractivity contribution in [2.75, 3.05) is 12.3 Å². The minimum Gasteiger partial charge on any atom is -0.481 e. The maximum atomic E-state index is 14.3. The van der Waals surface area contributed by atoms with Gasteiger partial charge in [0.2, 0.25) is 100 Å². The molecule has 2 aromatic rings. The van der Waals surface area contributed by atoms with Gasteiger partial charge in [-0.05, 0) is 90.3 Å². The van der Waals surface area contributed by atoms with Gasteiger partial charge in [0.25, 0.3) is 0 Å². The molecule has 0 bridgehead atoms. The number of aliphatic hydroxyl groups excluding tert-OH is 1. The molecule has 0 aliphatic rings. The van der Waals surface area contributed by atoms with Crippen molar-refractivity contribution in [1.82, 2.24) is 74.1 Å². The highest BCUT2D eigenvalue weighted by Crippen LogP contribution is 2.20. The number of aliphatic hydroxyl groups is 1. The van der Waals surface area contributed by atoms with Crippen LogP contribution in [0.25, 0.3) is 10.9 Å². The second-order valence-electron chi connectivity index (χ2n) is 26.1. The number of carboxylic acid groups (broad SMARTS) is 3. The molecule has 0 aliphatic heterocycles. The summed E-state index contributed by atoms with van der Waals surface area (Å²) < 4.78 is 0. The normalized spacial score (nSPS) is 15.2. The first-order valence-corrected chi connectivity index (χ1v) is 35.1.